The molecule has 1 N–H and O–H groups in total. The fourth-order valence-corrected chi connectivity index (χ4v) is 2.25. The maximum atomic E-state index is 11.8. The highest BCUT2D eigenvalue weighted by Crippen LogP contribution is 2.31. The molecule has 0 bridgehead atoms. The molecule has 104 valence electrons. The van der Waals surface area contributed by atoms with Crippen molar-refractivity contribution in [2.75, 3.05) is 6.54 Å². The SMILES string of the molecule is O=C(Cn1cc(-c2ccccc2)cn1)NCCC1CC1. The quantitative estimate of drug-likeness (QED) is 0.875. The molecule has 1 amide bonds. The summed E-state index contributed by atoms with van der Waals surface area (Å²) in [5.74, 6) is 0.887. The second-order valence-electron chi connectivity index (χ2n) is 5.37. The first-order valence-corrected chi connectivity index (χ1v) is 7.16. The summed E-state index contributed by atoms with van der Waals surface area (Å²) in [6.07, 6.45) is 7.48. The highest BCUT2D eigenvalue weighted by Gasteiger charge is 2.20. The van der Waals surface area contributed by atoms with E-state index in [9.17, 15) is 4.79 Å². The van der Waals surface area contributed by atoms with Crippen LogP contribution in [0.5, 0.6) is 0 Å². The molecular weight excluding hydrogens is 250 g/mol. The van der Waals surface area contributed by atoms with Crippen LogP contribution >= 0.6 is 0 Å². The summed E-state index contributed by atoms with van der Waals surface area (Å²) in [7, 11) is 0. The van der Waals surface area contributed by atoms with Crippen molar-refractivity contribution in [1.82, 2.24) is 15.1 Å². The first-order chi connectivity index (χ1) is 9.81. The summed E-state index contributed by atoms with van der Waals surface area (Å²) in [5.41, 5.74) is 2.16. The van der Waals surface area contributed by atoms with Crippen molar-refractivity contribution in [1.29, 1.82) is 0 Å². The average Bonchev–Trinajstić information content (AvgIpc) is 3.17. The standard InChI is InChI=1S/C16H19N3O/c20-16(17-9-8-13-6-7-13)12-19-11-15(10-18-19)14-4-2-1-3-5-14/h1-5,10-11,13H,6-9,12H2,(H,17,20). The zero-order valence-electron chi connectivity index (χ0n) is 11.5. The second kappa shape index (κ2) is 5.90. The van der Waals surface area contributed by atoms with Gasteiger partial charge in [-0.15, -0.1) is 0 Å². The molecule has 0 saturated heterocycles. The Bertz CT molecular complexity index is 572. The van der Waals surface area contributed by atoms with Crippen molar-refractivity contribution in [2.24, 2.45) is 5.92 Å². The number of nitrogens with zero attached hydrogens (tertiary/aromatic N) is 2. The summed E-state index contributed by atoms with van der Waals surface area (Å²) >= 11 is 0. The largest absolute Gasteiger partial charge is 0.354 e. The molecule has 1 aliphatic carbocycles. The predicted octanol–water partition coefficient (Wildman–Crippen LogP) is 2.47. The van der Waals surface area contributed by atoms with Gasteiger partial charge in [-0.3, -0.25) is 9.48 Å². The van der Waals surface area contributed by atoms with Crippen LogP contribution in [0.1, 0.15) is 19.3 Å². The van der Waals surface area contributed by atoms with Gasteiger partial charge >= 0.3 is 0 Å². The van der Waals surface area contributed by atoms with Crippen molar-refractivity contribution in [3.05, 3.63) is 42.7 Å². The van der Waals surface area contributed by atoms with Crippen LogP contribution in [0.3, 0.4) is 0 Å². The third kappa shape index (κ3) is 3.47. The predicted molar refractivity (Wildman–Crippen MR) is 78.0 cm³/mol. The molecule has 0 radical (unpaired) electrons. The minimum atomic E-state index is 0.0355. The Morgan fingerprint density at radius 1 is 1.25 bits per heavy atom. The number of nitrogens with one attached hydrogen (secondary N) is 1. The van der Waals surface area contributed by atoms with E-state index in [1.165, 1.54) is 12.8 Å². The lowest BCUT2D eigenvalue weighted by Gasteiger charge is -2.04. The highest BCUT2D eigenvalue weighted by atomic mass is 16.2. The molecule has 4 heteroatoms. The molecule has 0 unspecified atom stereocenters. The number of hydrogen-bond donors (Lipinski definition) is 1. The minimum Gasteiger partial charge on any atom is -0.354 e. The zero-order chi connectivity index (χ0) is 13.8. The van der Waals surface area contributed by atoms with Crippen LogP contribution in [0.2, 0.25) is 0 Å². The molecule has 2 aromatic rings. The molecule has 0 aliphatic heterocycles. The second-order valence-corrected chi connectivity index (χ2v) is 5.37. The number of amides is 1. The first-order valence-electron chi connectivity index (χ1n) is 7.16. The van der Waals surface area contributed by atoms with Crippen LogP contribution in [0.15, 0.2) is 42.7 Å². The van der Waals surface area contributed by atoms with Crippen molar-refractivity contribution in [2.45, 2.75) is 25.8 Å². The van der Waals surface area contributed by atoms with Crippen molar-refractivity contribution in [3.63, 3.8) is 0 Å². The maximum absolute atomic E-state index is 11.8. The van der Waals surface area contributed by atoms with Gasteiger partial charge in [0.05, 0.1) is 6.20 Å². The van der Waals surface area contributed by atoms with E-state index in [4.69, 9.17) is 0 Å². The highest BCUT2D eigenvalue weighted by molar-refractivity contribution is 5.75. The Hall–Kier alpha value is -2.10. The molecule has 1 aliphatic rings. The molecule has 20 heavy (non-hydrogen) atoms. The van der Waals surface area contributed by atoms with Gasteiger partial charge in [-0.05, 0) is 17.9 Å². The molecule has 1 saturated carbocycles. The van der Waals surface area contributed by atoms with Gasteiger partial charge in [0, 0.05) is 18.3 Å². The average molecular weight is 269 g/mol. The first kappa shape index (κ1) is 12.9. The van der Waals surface area contributed by atoms with Crippen LogP contribution in [0, 0.1) is 5.92 Å². The van der Waals surface area contributed by atoms with Gasteiger partial charge in [-0.1, -0.05) is 43.2 Å². The van der Waals surface area contributed by atoms with Gasteiger partial charge in [0.15, 0.2) is 0 Å². The maximum Gasteiger partial charge on any atom is 0.241 e. The van der Waals surface area contributed by atoms with E-state index >= 15 is 0 Å². The number of hydrogen-bond acceptors (Lipinski definition) is 2. The topological polar surface area (TPSA) is 46.9 Å². The van der Waals surface area contributed by atoms with E-state index in [2.05, 4.69) is 10.4 Å². The molecule has 1 aromatic heterocycles. The lowest BCUT2D eigenvalue weighted by atomic mass is 10.1. The summed E-state index contributed by atoms with van der Waals surface area (Å²) in [6, 6.07) is 10.1. The van der Waals surface area contributed by atoms with Crippen LogP contribution < -0.4 is 5.32 Å². The van der Waals surface area contributed by atoms with Crippen molar-refractivity contribution >= 4 is 5.91 Å². The normalized spacial score (nSPS) is 14.2. The number of aromatic nitrogens is 2. The smallest absolute Gasteiger partial charge is 0.241 e. The van der Waals surface area contributed by atoms with Gasteiger partial charge in [-0.25, -0.2) is 0 Å². The van der Waals surface area contributed by atoms with E-state index < -0.39 is 0 Å². The van der Waals surface area contributed by atoms with Crippen molar-refractivity contribution in [3.8, 4) is 11.1 Å². The summed E-state index contributed by atoms with van der Waals surface area (Å²) in [6.45, 7) is 1.08. The Balaban J connectivity index is 1.52. The van der Waals surface area contributed by atoms with Crippen LogP contribution in [-0.2, 0) is 11.3 Å². The number of carbonyl (C=O) groups is 1. The Morgan fingerprint density at radius 3 is 2.80 bits per heavy atom. The van der Waals surface area contributed by atoms with E-state index in [1.807, 2.05) is 36.5 Å². The number of carbonyl (C=O) groups excluding carboxylic acids is 1. The van der Waals surface area contributed by atoms with E-state index in [0.29, 0.717) is 0 Å². The Labute approximate surface area is 118 Å². The van der Waals surface area contributed by atoms with Crippen LogP contribution in [0.25, 0.3) is 11.1 Å². The van der Waals surface area contributed by atoms with Gasteiger partial charge in [0.25, 0.3) is 0 Å². The fraction of sp³-hybridized carbons (Fsp3) is 0.375. The minimum absolute atomic E-state index is 0.0355. The number of rotatable bonds is 6. The fourth-order valence-electron chi connectivity index (χ4n) is 2.25. The lowest BCUT2D eigenvalue weighted by Crippen LogP contribution is -2.28. The molecule has 0 atom stereocenters. The van der Waals surface area contributed by atoms with E-state index in [-0.39, 0.29) is 12.5 Å². The molecular formula is C16H19N3O. The van der Waals surface area contributed by atoms with Crippen molar-refractivity contribution < 1.29 is 4.79 Å². The molecule has 3 rings (SSSR count). The van der Waals surface area contributed by atoms with Gasteiger partial charge in [0.1, 0.15) is 6.54 Å². The Kier molecular flexibility index (Phi) is 3.81. The van der Waals surface area contributed by atoms with Crippen LogP contribution in [-0.4, -0.2) is 22.2 Å². The van der Waals surface area contributed by atoms with Gasteiger partial charge < -0.3 is 5.32 Å². The third-order valence-corrected chi connectivity index (χ3v) is 3.62. The molecule has 0 spiro atoms. The molecule has 1 fully saturated rings. The van der Waals surface area contributed by atoms with Crippen LogP contribution in [0.4, 0.5) is 0 Å². The third-order valence-electron chi connectivity index (χ3n) is 3.62. The lowest BCUT2D eigenvalue weighted by molar-refractivity contribution is -0.121. The Morgan fingerprint density at radius 2 is 2.05 bits per heavy atom. The van der Waals surface area contributed by atoms with E-state index in [0.717, 1.165) is 30.0 Å². The van der Waals surface area contributed by atoms with E-state index in [1.54, 1.807) is 10.9 Å². The summed E-state index contributed by atoms with van der Waals surface area (Å²) in [4.78, 5) is 11.8. The molecule has 1 aromatic carbocycles. The zero-order valence-corrected chi connectivity index (χ0v) is 11.5. The summed E-state index contributed by atoms with van der Waals surface area (Å²) < 4.78 is 1.69. The van der Waals surface area contributed by atoms with Gasteiger partial charge in [0.2, 0.25) is 5.91 Å². The molecule has 4 nitrogen and oxygen atoms in total. The number of benzene rings is 1. The van der Waals surface area contributed by atoms with Gasteiger partial charge in [-0.2, -0.15) is 5.10 Å². The monoisotopic (exact) mass is 269 g/mol. The summed E-state index contributed by atoms with van der Waals surface area (Å²) in [5, 5.41) is 7.20. The molecule has 1 heterocycles.